The van der Waals surface area contributed by atoms with Gasteiger partial charge in [-0.15, -0.1) is 0 Å². The summed E-state index contributed by atoms with van der Waals surface area (Å²) in [5, 5.41) is 7.81. The molecule has 0 spiro atoms. The number of nitrogens with one attached hydrogen (secondary N) is 1. The van der Waals surface area contributed by atoms with Gasteiger partial charge in [-0.1, -0.05) is 6.08 Å². The number of ether oxygens (including phenoxy) is 1. The Morgan fingerprint density at radius 3 is 2.84 bits per heavy atom. The Morgan fingerprint density at radius 1 is 1.22 bits per heavy atom. The molecule has 0 bridgehead atoms. The van der Waals surface area contributed by atoms with E-state index >= 15 is 0 Å². The summed E-state index contributed by atoms with van der Waals surface area (Å²) in [6.45, 7) is 6.28. The van der Waals surface area contributed by atoms with E-state index in [9.17, 15) is 9.18 Å². The number of hydrogen-bond acceptors (Lipinski definition) is 6. The van der Waals surface area contributed by atoms with Crippen LogP contribution >= 0.6 is 0 Å². The molecule has 0 radical (unpaired) electrons. The van der Waals surface area contributed by atoms with Crippen molar-refractivity contribution in [2.75, 3.05) is 44.6 Å². The van der Waals surface area contributed by atoms with Crippen molar-refractivity contribution in [3.63, 3.8) is 0 Å². The molecule has 1 aromatic carbocycles. The number of aryl methyl sites for hydroxylation is 1. The van der Waals surface area contributed by atoms with Crippen molar-refractivity contribution in [2.45, 2.75) is 44.7 Å². The van der Waals surface area contributed by atoms with Crippen molar-refractivity contribution >= 4 is 11.7 Å². The summed E-state index contributed by atoms with van der Waals surface area (Å²) in [7, 11) is 1.88. The van der Waals surface area contributed by atoms with E-state index in [0.29, 0.717) is 18.7 Å². The zero-order chi connectivity index (χ0) is 25.4. The van der Waals surface area contributed by atoms with Gasteiger partial charge in [-0.05, 0) is 56.4 Å². The minimum Gasteiger partial charge on any atom is -0.490 e. The average molecular weight is 507 g/mol. The number of carbonyl (C=O) groups excluding carboxylic acids is 1. The molecule has 2 fully saturated rings. The molecule has 0 atom stereocenters. The van der Waals surface area contributed by atoms with Crippen LogP contribution in [0, 0.1) is 5.82 Å². The van der Waals surface area contributed by atoms with E-state index in [2.05, 4.69) is 26.3 Å². The van der Waals surface area contributed by atoms with Gasteiger partial charge in [0.1, 0.15) is 5.82 Å². The number of halogens is 1. The van der Waals surface area contributed by atoms with Gasteiger partial charge in [0, 0.05) is 62.6 Å². The van der Waals surface area contributed by atoms with Crippen LogP contribution < -0.4 is 10.1 Å². The van der Waals surface area contributed by atoms with E-state index in [-0.39, 0.29) is 11.7 Å². The van der Waals surface area contributed by atoms with Gasteiger partial charge in [0.05, 0.1) is 25.0 Å². The first kappa shape index (κ1) is 24.2. The molecule has 1 amide bonds. The number of hydrogen-bond donors (Lipinski definition) is 1. The zero-order valence-corrected chi connectivity index (χ0v) is 21.5. The Hall–Kier alpha value is -3.17. The van der Waals surface area contributed by atoms with Crippen molar-refractivity contribution < 1.29 is 13.9 Å². The number of allylic oxidation sites excluding steroid dienone is 3. The van der Waals surface area contributed by atoms with Crippen LogP contribution in [0.25, 0.3) is 0 Å². The van der Waals surface area contributed by atoms with Gasteiger partial charge >= 0.3 is 0 Å². The van der Waals surface area contributed by atoms with Crippen molar-refractivity contribution in [1.82, 2.24) is 24.5 Å². The van der Waals surface area contributed by atoms with Crippen molar-refractivity contribution in [2.24, 2.45) is 7.05 Å². The van der Waals surface area contributed by atoms with E-state index in [1.54, 1.807) is 27.9 Å². The lowest BCUT2D eigenvalue weighted by molar-refractivity contribution is 0.0800. The molecule has 37 heavy (non-hydrogen) atoms. The van der Waals surface area contributed by atoms with Crippen LogP contribution in [-0.4, -0.2) is 75.8 Å². The highest BCUT2D eigenvalue weighted by atomic mass is 19.1. The van der Waals surface area contributed by atoms with Crippen LogP contribution in [0.3, 0.4) is 0 Å². The van der Waals surface area contributed by atoms with E-state index in [1.165, 1.54) is 18.9 Å². The van der Waals surface area contributed by atoms with E-state index in [4.69, 9.17) is 4.74 Å². The number of aromatic nitrogens is 2. The first-order valence-electron chi connectivity index (χ1n) is 13.4. The third kappa shape index (κ3) is 5.15. The fourth-order valence-corrected chi connectivity index (χ4v) is 5.54. The van der Waals surface area contributed by atoms with Crippen LogP contribution in [0.4, 0.5) is 10.2 Å². The van der Waals surface area contributed by atoms with Crippen LogP contribution in [0.2, 0.25) is 0 Å². The first-order valence-corrected chi connectivity index (χ1v) is 13.4. The predicted octanol–water partition coefficient (Wildman–Crippen LogP) is 3.74. The quantitative estimate of drug-likeness (QED) is 0.578. The van der Waals surface area contributed by atoms with Crippen LogP contribution in [0.15, 0.2) is 47.9 Å². The van der Waals surface area contributed by atoms with Gasteiger partial charge in [-0.2, -0.15) is 5.10 Å². The first-order chi connectivity index (χ1) is 18.1. The minimum atomic E-state index is -0.507. The summed E-state index contributed by atoms with van der Waals surface area (Å²) in [5.41, 5.74) is 3.03. The summed E-state index contributed by atoms with van der Waals surface area (Å²) >= 11 is 0. The summed E-state index contributed by atoms with van der Waals surface area (Å²) in [4.78, 5) is 20.4. The third-order valence-corrected chi connectivity index (χ3v) is 7.82. The molecular weight excluding hydrogens is 471 g/mol. The Kier molecular flexibility index (Phi) is 6.73. The zero-order valence-electron chi connectivity index (χ0n) is 21.5. The van der Waals surface area contributed by atoms with E-state index in [1.807, 2.05) is 13.1 Å². The molecule has 3 heterocycles. The Balaban J connectivity index is 1.07. The lowest BCUT2D eigenvalue weighted by atomic mass is 10.1. The van der Waals surface area contributed by atoms with E-state index in [0.717, 1.165) is 80.8 Å². The third-order valence-electron chi connectivity index (χ3n) is 7.82. The highest BCUT2D eigenvalue weighted by Gasteiger charge is 2.31. The monoisotopic (exact) mass is 506 g/mol. The SMILES string of the molecule is Cn1ncc2c1NC1=C(C=CCC1)N(C(=O)c1ccc(OCCCN3CCN(C4CC4)CC3)c(F)c1)C2. The van der Waals surface area contributed by atoms with Crippen molar-refractivity contribution in [1.29, 1.82) is 0 Å². The van der Waals surface area contributed by atoms with E-state index < -0.39 is 5.82 Å². The number of rotatable bonds is 7. The van der Waals surface area contributed by atoms with Gasteiger partial charge in [-0.3, -0.25) is 14.4 Å². The number of amides is 1. The van der Waals surface area contributed by atoms with Crippen LogP contribution in [-0.2, 0) is 13.6 Å². The summed E-state index contributed by atoms with van der Waals surface area (Å²) < 4.78 is 22.5. The molecule has 1 saturated heterocycles. The molecule has 6 rings (SSSR count). The number of carbonyl (C=O) groups is 1. The lowest BCUT2D eigenvalue weighted by Crippen LogP contribution is -2.47. The lowest BCUT2D eigenvalue weighted by Gasteiger charge is -2.34. The van der Waals surface area contributed by atoms with Gasteiger partial charge in [0.2, 0.25) is 0 Å². The highest BCUT2D eigenvalue weighted by Crippen LogP contribution is 2.33. The predicted molar refractivity (Wildman–Crippen MR) is 140 cm³/mol. The molecule has 2 aliphatic carbocycles. The maximum absolute atomic E-state index is 15.0. The standard InChI is InChI=1S/C28H35FN6O2/c1-32-27-21(18-30-32)19-35(25-6-3-2-5-24(25)31-27)28(36)20-7-10-26(23(29)17-20)37-16-4-11-33-12-14-34(15-13-33)22-8-9-22/h3,6-7,10,17-18,22,31H,2,4-5,8-9,11-16,19H2,1H3. The molecule has 8 nitrogen and oxygen atoms in total. The smallest absolute Gasteiger partial charge is 0.258 e. The van der Waals surface area contributed by atoms with Crippen LogP contribution in [0.5, 0.6) is 5.75 Å². The molecule has 0 unspecified atom stereocenters. The maximum atomic E-state index is 15.0. The molecule has 1 saturated carbocycles. The van der Waals surface area contributed by atoms with Crippen molar-refractivity contribution in [3.05, 3.63) is 64.9 Å². The van der Waals surface area contributed by atoms with Gasteiger partial charge in [-0.25, -0.2) is 4.39 Å². The molecule has 2 aromatic rings. The van der Waals surface area contributed by atoms with Crippen LogP contribution in [0.1, 0.15) is 48.0 Å². The summed E-state index contributed by atoms with van der Waals surface area (Å²) in [6.07, 6.45) is 11.1. The normalized spacial score (nSPS) is 20.3. The van der Waals surface area contributed by atoms with Crippen molar-refractivity contribution in [3.8, 4) is 5.75 Å². The molecule has 2 aliphatic heterocycles. The Morgan fingerprint density at radius 2 is 2.05 bits per heavy atom. The minimum absolute atomic E-state index is 0.194. The fraction of sp³-hybridized carbons (Fsp3) is 0.500. The van der Waals surface area contributed by atoms with Gasteiger partial charge in [0.15, 0.2) is 11.6 Å². The van der Waals surface area contributed by atoms with Gasteiger partial charge < -0.3 is 19.9 Å². The molecular formula is C28H35FN6O2. The highest BCUT2D eigenvalue weighted by molar-refractivity contribution is 5.96. The second-order valence-electron chi connectivity index (χ2n) is 10.4. The van der Waals surface area contributed by atoms with Gasteiger partial charge in [0.25, 0.3) is 5.91 Å². The maximum Gasteiger partial charge on any atom is 0.258 e. The number of nitrogens with zero attached hydrogens (tertiary/aromatic N) is 5. The largest absolute Gasteiger partial charge is 0.490 e. The molecule has 1 aromatic heterocycles. The second kappa shape index (κ2) is 10.3. The molecule has 196 valence electrons. The summed E-state index contributed by atoms with van der Waals surface area (Å²) in [5.74, 6) is 0.332. The molecule has 1 N–H and O–H groups in total. The number of benzene rings is 1. The summed E-state index contributed by atoms with van der Waals surface area (Å²) in [6, 6.07) is 5.37. The Labute approximate surface area is 217 Å². The fourth-order valence-electron chi connectivity index (χ4n) is 5.54. The number of piperazine rings is 1. The molecule has 4 aliphatic rings. The second-order valence-corrected chi connectivity index (χ2v) is 10.4. The molecule has 9 heteroatoms. The Bertz CT molecular complexity index is 1230. The number of anilines is 1. The number of fused-ring (bicyclic) bond motifs is 1. The average Bonchev–Trinajstić information content (AvgIpc) is 3.73. The topological polar surface area (TPSA) is 65.9 Å².